The molecule has 1 aliphatic carbocycles. The number of unbranched alkanes of at least 4 members (excludes halogenated alkanes) is 34. The molecule has 98 heavy (non-hydrogen) atoms. The summed E-state index contributed by atoms with van der Waals surface area (Å²) < 4.78 is 64.5. The Bertz CT molecular complexity index is 2220. The van der Waals surface area contributed by atoms with Gasteiger partial charge in [-0.05, 0) is 32.1 Å². The molecule has 2 saturated heterocycles. The van der Waals surface area contributed by atoms with Crippen LogP contribution in [0.25, 0.3) is 0 Å². The third kappa shape index (κ3) is 37.4. The third-order valence-electron chi connectivity index (χ3n) is 18.3. The number of aliphatic hydroxyl groups is 10. The molecule has 18 atom stereocenters. The van der Waals surface area contributed by atoms with Gasteiger partial charge < -0.3 is 89.1 Å². The molecule has 570 valence electrons. The summed E-state index contributed by atoms with van der Waals surface area (Å²) in [7, 11) is -5.73. The van der Waals surface area contributed by atoms with E-state index in [0.29, 0.717) is 6.42 Å². The van der Waals surface area contributed by atoms with Gasteiger partial charge in [0.15, 0.2) is 18.7 Å². The normalized spacial score (nSPS) is 27.9. The number of carbonyl (C=O) groups excluding carboxylic acids is 3. The second-order valence-corrected chi connectivity index (χ2v) is 28.2. The van der Waals surface area contributed by atoms with Crippen molar-refractivity contribution in [3.05, 3.63) is 48.6 Å². The minimum atomic E-state index is -5.73. The molecule has 0 aromatic carbocycles. The van der Waals surface area contributed by atoms with E-state index in [1.54, 1.807) is 12.2 Å². The number of hydrogen-bond donors (Lipinski definition) is 11. The fourth-order valence-corrected chi connectivity index (χ4v) is 13.1. The van der Waals surface area contributed by atoms with Crippen LogP contribution in [0.15, 0.2) is 48.6 Å². The Hall–Kier alpha value is -3.08. The average Bonchev–Trinajstić information content (AvgIpc) is 0.761. The molecule has 0 aromatic heterocycles. The number of phosphoric ester groups is 1. The maximum absolute atomic E-state index is 14.3. The second kappa shape index (κ2) is 54.6. The van der Waals surface area contributed by atoms with Crippen molar-refractivity contribution in [1.29, 1.82) is 0 Å². The van der Waals surface area contributed by atoms with Crippen LogP contribution in [0, 0.1) is 0 Å². The van der Waals surface area contributed by atoms with E-state index in [1.807, 2.05) is 12.2 Å². The Morgan fingerprint density at radius 1 is 0.418 bits per heavy atom. The van der Waals surface area contributed by atoms with Gasteiger partial charge in [-0.15, -0.1) is 0 Å². The van der Waals surface area contributed by atoms with Crippen molar-refractivity contribution in [3.63, 3.8) is 0 Å². The lowest BCUT2D eigenvalue weighted by Crippen LogP contribution is -2.69. The Balaban J connectivity index is 1.77. The van der Waals surface area contributed by atoms with Gasteiger partial charge in [0.05, 0.1) is 13.2 Å². The van der Waals surface area contributed by atoms with Crippen molar-refractivity contribution in [2.75, 3.05) is 26.4 Å². The van der Waals surface area contributed by atoms with Gasteiger partial charge in [0.2, 0.25) is 0 Å². The summed E-state index contributed by atoms with van der Waals surface area (Å²) in [5, 5.41) is 110. The van der Waals surface area contributed by atoms with Crippen LogP contribution in [-0.4, -0.2) is 204 Å². The molecular weight excluding hydrogens is 1290 g/mol. The smallest absolute Gasteiger partial charge is 0.462 e. The molecular formula is C73H129O24P. The van der Waals surface area contributed by atoms with Gasteiger partial charge in [-0.1, -0.05) is 263 Å². The number of carbonyl (C=O) groups is 3. The zero-order valence-electron chi connectivity index (χ0n) is 59.3. The van der Waals surface area contributed by atoms with E-state index in [-0.39, 0.29) is 6.42 Å². The molecule has 0 aromatic rings. The number of esters is 3. The number of rotatable bonds is 57. The molecule has 3 fully saturated rings. The van der Waals surface area contributed by atoms with Crippen LogP contribution in [0.2, 0.25) is 0 Å². The molecule has 18 unspecified atom stereocenters. The maximum Gasteiger partial charge on any atom is 0.472 e. The molecule has 24 nitrogen and oxygen atoms in total. The minimum absolute atomic E-state index is 0.0240. The highest BCUT2D eigenvalue weighted by molar-refractivity contribution is 7.47. The van der Waals surface area contributed by atoms with Crippen molar-refractivity contribution >= 4 is 25.7 Å². The molecule has 2 aliphatic heterocycles. The largest absolute Gasteiger partial charge is 0.472 e. The highest BCUT2D eigenvalue weighted by Gasteiger charge is 2.58. The van der Waals surface area contributed by atoms with Crippen LogP contribution >= 0.6 is 7.82 Å². The maximum atomic E-state index is 14.3. The van der Waals surface area contributed by atoms with E-state index in [2.05, 4.69) is 20.8 Å². The molecule has 3 rings (SSSR count). The van der Waals surface area contributed by atoms with Crippen LogP contribution in [0.4, 0.5) is 0 Å². The predicted octanol–water partition coefficient (Wildman–Crippen LogP) is 10.1. The molecule has 11 N–H and O–H groups in total. The molecule has 25 heteroatoms. The molecule has 0 spiro atoms. The zero-order valence-corrected chi connectivity index (χ0v) is 60.2. The van der Waals surface area contributed by atoms with Gasteiger partial charge in [0, 0.05) is 18.6 Å². The quantitative estimate of drug-likeness (QED) is 0.00673. The summed E-state index contributed by atoms with van der Waals surface area (Å²) in [6, 6.07) is 0. The predicted molar refractivity (Wildman–Crippen MR) is 370 cm³/mol. The summed E-state index contributed by atoms with van der Waals surface area (Å²) in [4.78, 5) is 50.7. The number of aliphatic hydroxyl groups excluding tert-OH is 10. The third-order valence-corrected chi connectivity index (χ3v) is 19.3. The van der Waals surface area contributed by atoms with Crippen LogP contribution in [-0.2, 0) is 61.2 Å². The van der Waals surface area contributed by atoms with Crippen molar-refractivity contribution < 1.29 is 117 Å². The second-order valence-electron chi connectivity index (χ2n) is 26.8. The van der Waals surface area contributed by atoms with Gasteiger partial charge >= 0.3 is 25.7 Å². The number of phosphoric acid groups is 1. The SMILES string of the molecule is CCCCCCCCCCCCC/C=C/C=C/C(=O)OCC1OC(OC2C(O)C(O)C(O)C(OC3OC(CO)C(O)C(O)C3O)C2OP(=O)(O)OCC(COC(=O)CCCCCCCCCCCCCCC)OC(=O)/C=C/C=C/CCCCCCCCCCCCC)C(O)C(O)C1O. The fourth-order valence-electron chi connectivity index (χ4n) is 12.2. The van der Waals surface area contributed by atoms with Crippen LogP contribution < -0.4 is 0 Å². The molecule has 3 aliphatic rings. The first-order valence-electron chi connectivity index (χ1n) is 37.5. The zero-order chi connectivity index (χ0) is 71.8. The van der Waals surface area contributed by atoms with E-state index < -0.39 is 156 Å². The number of allylic oxidation sites excluding steroid dienone is 6. The Morgan fingerprint density at radius 2 is 0.786 bits per heavy atom. The monoisotopic (exact) mass is 1420 g/mol. The first kappa shape index (κ1) is 89.1. The lowest BCUT2D eigenvalue weighted by Gasteiger charge is -2.49. The summed E-state index contributed by atoms with van der Waals surface area (Å²) in [6.45, 7) is 3.24. The number of hydrogen-bond acceptors (Lipinski definition) is 23. The van der Waals surface area contributed by atoms with Gasteiger partial charge in [0.25, 0.3) is 0 Å². The Labute approximate surface area is 584 Å². The van der Waals surface area contributed by atoms with Crippen molar-refractivity contribution in [3.8, 4) is 0 Å². The van der Waals surface area contributed by atoms with Gasteiger partial charge in [-0.3, -0.25) is 13.8 Å². The van der Waals surface area contributed by atoms with Gasteiger partial charge in [-0.2, -0.15) is 0 Å². The lowest BCUT2D eigenvalue weighted by molar-refractivity contribution is -0.360. The summed E-state index contributed by atoms with van der Waals surface area (Å²) in [6.07, 6.45) is 18.8. The van der Waals surface area contributed by atoms with Crippen LogP contribution in [0.5, 0.6) is 0 Å². The number of ether oxygens (including phenoxy) is 7. The topological polar surface area (TPSA) is 374 Å². The Morgan fingerprint density at radius 3 is 1.20 bits per heavy atom. The first-order valence-corrected chi connectivity index (χ1v) is 39.0. The van der Waals surface area contributed by atoms with Crippen molar-refractivity contribution in [1.82, 2.24) is 0 Å². The summed E-state index contributed by atoms with van der Waals surface area (Å²) >= 11 is 0. The standard InChI is InChI=1S/C73H129O24P/c1-4-7-10-13-16-19-22-25-27-30-33-36-39-42-45-48-58(76)90-53-56-61(79)63(81)68(86)73(94-56)96-70-66(84)64(82)65(83)69(95-72-67(85)62(80)60(78)55(50-74)93-72)71(70)97-98(87,88)91-52-54(51-89-57(75)47-44-41-38-35-32-29-24-21-18-15-12-9-6-3)92-59(77)49-46-43-40-37-34-31-28-26-23-20-17-14-11-8-5-2/h39-40,42-43,45-46,48-49,54-56,60-74,78-86H,4-38,41,44,47,50-53H2,1-3H3,(H,87,88)/b42-39+,43-40+,48-45+,49-46+. The molecule has 2 heterocycles. The highest BCUT2D eigenvalue weighted by Crippen LogP contribution is 2.49. The van der Waals surface area contributed by atoms with Crippen LogP contribution in [0.3, 0.4) is 0 Å². The van der Waals surface area contributed by atoms with E-state index in [9.17, 15) is 74.9 Å². The van der Waals surface area contributed by atoms with E-state index in [4.69, 9.17) is 42.2 Å². The minimum Gasteiger partial charge on any atom is -0.462 e. The highest BCUT2D eigenvalue weighted by atomic mass is 31.2. The Kier molecular flexibility index (Phi) is 49.6. The molecule has 0 radical (unpaired) electrons. The van der Waals surface area contributed by atoms with E-state index in [0.717, 1.165) is 95.6 Å². The van der Waals surface area contributed by atoms with Gasteiger partial charge in [-0.25, -0.2) is 14.2 Å². The summed E-state index contributed by atoms with van der Waals surface area (Å²) in [5.74, 6) is -2.48. The molecule has 1 saturated carbocycles. The first-order chi connectivity index (χ1) is 47.3. The van der Waals surface area contributed by atoms with Gasteiger partial charge in [0.1, 0.15) is 98.7 Å². The van der Waals surface area contributed by atoms with Crippen LogP contribution in [0.1, 0.15) is 265 Å². The van der Waals surface area contributed by atoms with Crippen molar-refractivity contribution in [2.45, 2.75) is 369 Å². The average molecular weight is 1420 g/mol. The fraction of sp³-hybridized carbons (Fsp3) is 0.849. The lowest BCUT2D eigenvalue weighted by atomic mass is 9.84. The molecule has 0 amide bonds. The van der Waals surface area contributed by atoms with E-state index in [1.165, 1.54) is 160 Å². The summed E-state index contributed by atoms with van der Waals surface area (Å²) in [5.41, 5.74) is 0. The van der Waals surface area contributed by atoms with Crippen molar-refractivity contribution in [2.24, 2.45) is 0 Å². The van der Waals surface area contributed by atoms with E-state index >= 15 is 0 Å². The molecule has 0 bridgehead atoms.